The summed E-state index contributed by atoms with van der Waals surface area (Å²) in [6.07, 6.45) is 12.8. The van der Waals surface area contributed by atoms with Gasteiger partial charge in [0.2, 0.25) is 5.88 Å². The van der Waals surface area contributed by atoms with Crippen LogP contribution in [-0.2, 0) is 4.74 Å². The number of aromatic nitrogens is 1. The van der Waals surface area contributed by atoms with Crippen molar-refractivity contribution in [2.24, 2.45) is 51.8 Å². The molecule has 6 rings (SSSR count). The number of pyridine rings is 1. The highest BCUT2D eigenvalue weighted by molar-refractivity contribution is 5.87. The van der Waals surface area contributed by atoms with Gasteiger partial charge in [0.15, 0.2) is 0 Å². The summed E-state index contributed by atoms with van der Waals surface area (Å²) in [5.74, 6) is 4.11. The van der Waals surface area contributed by atoms with Gasteiger partial charge in [0.25, 0.3) is 0 Å². The number of nitrogens with zero attached hydrogens (tertiary/aromatic N) is 1. The third kappa shape index (κ3) is 2.94. The molecule has 5 nitrogen and oxygen atoms in total. The second-order valence-electron chi connectivity index (χ2n) is 12.9. The van der Waals surface area contributed by atoms with Crippen LogP contribution in [0.5, 0.6) is 5.88 Å². The number of aromatic carboxylic acids is 1. The van der Waals surface area contributed by atoms with Crippen LogP contribution in [0.25, 0.3) is 0 Å². The molecular formula is C29H41NO4. The molecule has 5 fully saturated rings. The van der Waals surface area contributed by atoms with E-state index in [4.69, 9.17) is 14.6 Å². The van der Waals surface area contributed by atoms with Crippen LogP contribution in [0.2, 0.25) is 0 Å². The fourth-order valence-corrected chi connectivity index (χ4v) is 10.5. The summed E-state index contributed by atoms with van der Waals surface area (Å²) in [5, 5.41) is 9.08. The Labute approximate surface area is 204 Å². The molecule has 1 spiro atoms. The Morgan fingerprint density at radius 3 is 2.68 bits per heavy atom. The molecule has 1 heterocycles. The topological polar surface area (TPSA) is 68.7 Å². The lowest BCUT2D eigenvalue weighted by atomic mass is 9.45. The molecule has 10 atom stereocenters. The van der Waals surface area contributed by atoms with Crippen molar-refractivity contribution in [3.8, 4) is 5.88 Å². The van der Waals surface area contributed by atoms with E-state index in [-0.39, 0.29) is 5.56 Å². The molecule has 0 radical (unpaired) electrons. The molecule has 5 saturated carbocycles. The first-order chi connectivity index (χ1) is 16.2. The zero-order valence-electron chi connectivity index (χ0n) is 21.3. The van der Waals surface area contributed by atoms with Gasteiger partial charge in [0, 0.05) is 24.8 Å². The maximum Gasteiger partial charge on any atom is 0.337 e. The van der Waals surface area contributed by atoms with Crippen LogP contribution >= 0.6 is 0 Å². The summed E-state index contributed by atoms with van der Waals surface area (Å²) >= 11 is 0. The van der Waals surface area contributed by atoms with Gasteiger partial charge < -0.3 is 14.6 Å². The van der Waals surface area contributed by atoms with Gasteiger partial charge in [0.1, 0.15) is 0 Å². The lowest BCUT2D eigenvalue weighted by Crippen LogP contribution is -2.57. The average molecular weight is 468 g/mol. The molecule has 5 aliphatic rings. The number of carboxylic acids is 1. The molecule has 2 unspecified atom stereocenters. The first-order valence-corrected chi connectivity index (χ1v) is 13.6. The molecule has 1 aromatic rings. The molecule has 0 amide bonds. The SMILES string of the molecule is COC1C[C@H]2[C@@H]3CC[C@H]([C@H](C)COc4ccc(C(=O)O)cn4)[C@@]3(C)CC[C@@H]2[C@@]2(C)CCC3C[C@]312. The average Bonchev–Trinajstić information content (AvgIpc) is 3.33. The van der Waals surface area contributed by atoms with E-state index in [0.717, 1.165) is 23.7 Å². The van der Waals surface area contributed by atoms with Crippen molar-refractivity contribution in [1.82, 2.24) is 4.98 Å². The quantitative estimate of drug-likeness (QED) is 0.549. The van der Waals surface area contributed by atoms with Crippen molar-refractivity contribution in [2.75, 3.05) is 13.7 Å². The number of ether oxygens (including phenoxy) is 2. The largest absolute Gasteiger partial charge is 0.478 e. The summed E-state index contributed by atoms with van der Waals surface area (Å²) in [7, 11) is 1.98. The minimum Gasteiger partial charge on any atom is -0.478 e. The predicted molar refractivity (Wildman–Crippen MR) is 130 cm³/mol. The van der Waals surface area contributed by atoms with Crippen LogP contribution in [0.15, 0.2) is 18.3 Å². The Kier molecular flexibility index (Phi) is 5.16. The van der Waals surface area contributed by atoms with Crippen LogP contribution in [-0.4, -0.2) is 35.9 Å². The van der Waals surface area contributed by atoms with Gasteiger partial charge in [-0.05, 0) is 104 Å². The second-order valence-corrected chi connectivity index (χ2v) is 12.9. The number of hydrogen-bond donors (Lipinski definition) is 1. The van der Waals surface area contributed by atoms with Gasteiger partial charge in [-0.2, -0.15) is 0 Å². The van der Waals surface area contributed by atoms with Gasteiger partial charge in [-0.15, -0.1) is 0 Å². The molecule has 0 aliphatic heterocycles. The minimum absolute atomic E-state index is 0.195. The summed E-state index contributed by atoms with van der Waals surface area (Å²) < 4.78 is 12.3. The van der Waals surface area contributed by atoms with E-state index in [9.17, 15) is 4.79 Å². The highest BCUT2D eigenvalue weighted by Gasteiger charge is 2.77. The van der Waals surface area contributed by atoms with Crippen LogP contribution in [0.3, 0.4) is 0 Å². The molecular weight excluding hydrogens is 426 g/mol. The number of hydrogen-bond acceptors (Lipinski definition) is 4. The number of fused-ring (bicyclic) bond motifs is 4. The highest BCUT2D eigenvalue weighted by Crippen LogP contribution is 2.82. The van der Waals surface area contributed by atoms with E-state index < -0.39 is 5.97 Å². The third-order valence-corrected chi connectivity index (χ3v) is 12.1. The van der Waals surface area contributed by atoms with E-state index >= 15 is 0 Å². The summed E-state index contributed by atoms with van der Waals surface area (Å²) in [5.41, 5.74) is 1.56. The summed E-state index contributed by atoms with van der Waals surface area (Å²) in [4.78, 5) is 15.3. The van der Waals surface area contributed by atoms with Gasteiger partial charge in [-0.25, -0.2) is 9.78 Å². The fourth-order valence-electron chi connectivity index (χ4n) is 10.5. The lowest BCUT2D eigenvalue weighted by Gasteiger charge is -2.61. The molecule has 0 aromatic carbocycles. The number of carboxylic acid groups (broad SMARTS) is 1. The molecule has 186 valence electrons. The zero-order chi connectivity index (χ0) is 23.9. The van der Waals surface area contributed by atoms with Gasteiger partial charge in [0.05, 0.1) is 18.3 Å². The molecule has 5 heteroatoms. The maximum absolute atomic E-state index is 11.1. The summed E-state index contributed by atoms with van der Waals surface area (Å²) in [6.45, 7) is 8.22. The second kappa shape index (κ2) is 7.69. The smallest absolute Gasteiger partial charge is 0.337 e. The lowest BCUT2D eigenvalue weighted by molar-refractivity contribution is -0.161. The Morgan fingerprint density at radius 2 is 2.00 bits per heavy atom. The van der Waals surface area contributed by atoms with E-state index in [1.165, 1.54) is 57.6 Å². The van der Waals surface area contributed by atoms with Crippen LogP contribution in [0, 0.1) is 51.8 Å². The minimum atomic E-state index is -0.957. The van der Waals surface area contributed by atoms with E-state index in [1.807, 2.05) is 7.11 Å². The Bertz CT molecular complexity index is 963. The van der Waals surface area contributed by atoms with Crippen molar-refractivity contribution in [1.29, 1.82) is 0 Å². The molecule has 1 aromatic heterocycles. The molecule has 1 N–H and O–H groups in total. The van der Waals surface area contributed by atoms with Gasteiger partial charge in [-0.3, -0.25) is 0 Å². The molecule has 0 bridgehead atoms. The van der Waals surface area contributed by atoms with E-state index in [0.29, 0.717) is 46.7 Å². The standard InChI is InChI=1S/C29H41NO4/c1-17(16-34-25-8-5-18(15-30-25)26(31)32)21-6-7-22-20-13-24(33-4)29-14-19(29)9-12-28(29,3)23(20)10-11-27(21,22)2/h5,8,15,17,19-24H,6-7,9-14,16H2,1-4H3,(H,31,32)/t17-,19?,20+,21-,22+,23+,24?,27-,28-,29+/m1/s1. The van der Waals surface area contributed by atoms with Crippen molar-refractivity contribution < 1.29 is 19.4 Å². The van der Waals surface area contributed by atoms with E-state index in [1.54, 1.807) is 12.1 Å². The first kappa shape index (κ1) is 22.8. The predicted octanol–water partition coefficient (Wildman–Crippen LogP) is 6.08. The van der Waals surface area contributed by atoms with Crippen molar-refractivity contribution in [3.63, 3.8) is 0 Å². The Morgan fingerprint density at radius 1 is 1.18 bits per heavy atom. The third-order valence-electron chi connectivity index (χ3n) is 12.1. The van der Waals surface area contributed by atoms with Crippen LogP contribution < -0.4 is 4.74 Å². The normalized spacial score (nSPS) is 47.2. The van der Waals surface area contributed by atoms with Crippen LogP contribution in [0.1, 0.15) is 82.5 Å². The zero-order valence-corrected chi connectivity index (χ0v) is 21.3. The molecule has 0 saturated heterocycles. The van der Waals surface area contributed by atoms with Gasteiger partial charge in [-0.1, -0.05) is 20.8 Å². The monoisotopic (exact) mass is 467 g/mol. The number of methoxy groups -OCH3 is 1. The van der Waals surface area contributed by atoms with Crippen molar-refractivity contribution >= 4 is 5.97 Å². The molecule has 5 aliphatic carbocycles. The van der Waals surface area contributed by atoms with Crippen molar-refractivity contribution in [3.05, 3.63) is 23.9 Å². The summed E-state index contributed by atoms with van der Waals surface area (Å²) in [6, 6.07) is 3.25. The number of rotatable bonds is 6. The van der Waals surface area contributed by atoms with E-state index in [2.05, 4.69) is 25.8 Å². The fraction of sp³-hybridized carbons (Fsp3) is 0.793. The maximum atomic E-state index is 11.1. The van der Waals surface area contributed by atoms with Crippen LogP contribution in [0.4, 0.5) is 0 Å². The number of carbonyl (C=O) groups is 1. The Balaban J connectivity index is 1.17. The van der Waals surface area contributed by atoms with Crippen molar-refractivity contribution in [2.45, 2.75) is 78.2 Å². The first-order valence-electron chi connectivity index (χ1n) is 13.6. The Hall–Kier alpha value is -1.62. The highest BCUT2D eigenvalue weighted by atomic mass is 16.5. The molecule has 34 heavy (non-hydrogen) atoms. The van der Waals surface area contributed by atoms with Gasteiger partial charge >= 0.3 is 5.97 Å².